The molecule has 0 heterocycles. The molecule has 1 aliphatic rings. The highest BCUT2D eigenvalue weighted by atomic mass is 35.5. The van der Waals surface area contributed by atoms with Gasteiger partial charge in [-0.15, -0.1) is 0 Å². The quantitative estimate of drug-likeness (QED) is 0.183. The molecule has 0 aromatic heterocycles. The Labute approximate surface area is 269 Å². The lowest BCUT2D eigenvalue weighted by molar-refractivity contribution is -0.139. The molecule has 5 rings (SSSR count). The monoisotopic (exact) mass is 645 g/mol. The van der Waals surface area contributed by atoms with E-state index in [1.54, 1.807) is 67.6 Å². The molecule has 4 aromatic rings. The van der Waals surface area contributed by atoms with Gasteiger partial charge in [0.1, 0.15) is 24.1 Å². The summed E-state index contributed by atoms with van der Waals surface area (Å²) in [7, 11) is -4.18. The van der Waals surface area contributed by atoms with E-state index < -0.39 is 28.5 Å². The van der Waals surface area contributed by atoms with Crippen LogP contribution in [-0.2, 0) is 26.2 Å². The summed E-state index contributed by atoms with van der Waals surface area (Å²) in [6.07, 6.45) is 3.89. The lowest BCUT2D eigenvalue weighted by atomic mass is 10.1. The number of nitrogens with zero attached hydrogens (tertiary/aromatic N) is 2. The van der Waals surface area contributed by atoms with Crippen molar-refractivity contribution in [2.75, 3.05) is 10.8 Å². The first-order chi connectivity index (χ1) is 21.7. The van der Waals surface area contributed by atoms with E-state index in [1.165, 1.54) is 17.0 Å². The van der Waals surface area contributed by atoms with Crippen LogP contribution in [-0.4, -0.2) is 43.8 Å². The van der Waals surface area contributed by atoms with E-state index in [-0.39, 0.29) is 29.1 Å². The van der Waals surface area contributed by atoms with Gasteiger partial charge in [-0.05, 0) is 86.0 Å². The number of rotatable bonds is 12. The molecule has 0 spiro atoms. The summed E-state index contributed by atoms with van der Waals surface area (Å²) in [6, 6.07) is 29.9. The van der Waals surface area contributed by atoms with Gasteiger partial charge in [0, 0.05) is 17.6 Å². The molecule has 0 radical (unpaired) electrons. The maximum atomic E-state index is 14.2. The number of carbonyl (C=O) groups excluding carboxylic acids is 2. The van der Waals surface area contributed by atoms with Gasteiger partial charge in [-0.25, -0.2) is 8.42 Å². The zero-order valence-electron chi connectivity index (χ0n) is 25.0. The Hall–Kier alpha value is -4.34. The molecule has 1 aliphatic carbocycles. The van der Waals surface area contributed by atoms with Crippen molar-refractivity contribution in [3.63, 3.8) is 0 Å². The van der Waals surface area contributed by atoms with Gasteiger partial charge in [0.05, 0.1) is 10.6 Å². The van der Waals surface area contributed by atoms with Gasteiger partial charge in [0.15, 0.2) is 0 Å². The summed E-state index contributed by atoms with van der Waals surface area (Å²) >= 11 is 6.24. The average Bonchev–Trinajstić information content (AvgIpc) is 3.56. The smallest absolute Gasteiger partial charge is 0.264 e. The van der Waals surface area contributed by atoms with Crippen LogP contribution in [0, 0.1) is 0 Å². The number of nitrogens with one attached hydrogen (secondary N) is 1. The van der Waals surface area contributed by atoms with Crippen LogP contribution in [0.1, 0.15) is 38.2 Å². The van der Waals surface area contributed by atoms with Crippen molar-refractivity contribution in [3.05, 3.63) is 120 Å². The molecule has 4 aromatic carbocycles. The highest BCUT2D eigenvalue weighted by molar-refractivity contribution is 7.92. The van der Waals surface area contributed by atoms with Crippen molar-refractivity contribution in [3.8, 4) is 11.5 Å². The molecule has 1 saturated carbocycles. The number of hydrogen-bond acceptors (Lipinski definition) is 5. The summed E-state index contributed by atoms with van der Waals surface area (Å²) < 4.78 is 35.0. The number of benzene rings is 4. The number of halogens is 1. The highest BCUT2D eigenvalue weighted by Gasteiger charge is 2.33. The molecule has 234 valence electrons. The normalized spacial score (nSPS) is 14.0. The standard InChI is InChI=1S/C35H36ClN3O5S/c1-26(35(41)37-29-13-8-9-14-29)38(24-27-11-10-12-28(36)23-27)34(40)25-39(45(42,43)33-17-6-3-7-18-33)30-19-21-32(22-20-30)44-31-15-4-2-5-16-31/h2-7,10-12,15-23,26,29H,8-9,13-14,24-25H2,1H3,(H,37,41)/t26-/m1/s1. The largest absolute Gasteiger partial charge is 0.457 e. The van der Waals surface area contributed by atoms with Gasteiger partial charge in [-0.1, -0.05) is 73.0 Å². The molecule has 0 aliphatic heterocycles. The van der Waals surface area contributed by atoms with Gasteiger partial charge in [-0.2, -0.15) is 0 Å². The average molecular weight is 646 g/mol. The van der Waals surface area contributed by atoms with Crippen molar-refractivity contribution in [1.29, 1.82) is 0 Å². The third-order valence-corrected chi connectivity index (χ3v) is 9.85. The lowest BCUT2D eigenvalue weighted by Gasteiger charge is -2.32. The van der Waals surface area contributed by atoms with Crippen LogP contribution < -0.4 is 14.4 Å². The minimum Gasteiger partial charge on any atom is -0.457 e. The Morgan fingerprint density at radius 1 is 0.867 bits per heavy atom. The summed E-state index contributed by atoms with van der Waals surface area (Å²) in [6.45, 7) is 1.21. The first kappa shape index (κ1) is 32.1. The fraction of sp³-hybridized carbons (Fsp3) is 0.257. The predicted octanol–water partition coefficient (Wildman–Crippen LogP) is 6.80. The third-order valence-electron chi connectivity index (χ3n) is 7.82. The number of carbonyl (C=O) groups is 2. The van der Waals surface area contributed by atoms with E-state index in [0.29, 0.717) is 16.5 Å². The van der Waals surface area contributed by atoms with Crippen LogP contribution in [0.5, 0.6) is 11.5 Å². The number of sulfonamides is 1. The predicted molar refractivity (Wildman–Crippen MR) is 176 cm³/mol. The number of hydrogen-bond donors (Lipinski definition) is 1. The molecule has 0 saturated heterocycles. The maximum Gasteiger partial charge on any atom is 0.264 e. The van der Waals surface area contributed by atoms with Crippen molar-refractivity contribution in [2.24, 2.45) is 0 Å². The van der Waals surface area contributed by atoms with Crippen molar-refractivity contribution < 1.29 is 22.7 Å². The Kier molecular flexibility index (Phi) is 10.4. The molecule has 8 nitrogen and oxygen atoms in total. The Balaban J connectivity index is 1.46. The van der Waals surface area contributed by atoms with Crippen LogP contribution >= 0.6 is 11.6 Å². The molecule has 0 unspecified atom stereocenters. The molecule has 10 heteroatoms. The molecule has 1 atom stereocenters. The summed E-state index contributed by atoms with van der Waals surface area (Å²) in [5.41, 5.74) is 0.995. The van der Waals surface area contributed by atoms with Crippen LogP contribution in [0.15, 0.2) is 114 Å². The summed E-state index contributed by atoms with van der Waals surface area (Å²) in [5, 5.41) is 3.57. The van der Waals surface area contributed by atoms with Gasteiger partial charge in [-0.3, -0.25) is 13.9 Å². The van der Waals surface area contributed by atoms with E-state index in [9.17, 15) is 18.0 Å². The number of para-hydroxylation sites is 1. The minimum absolute atomic E-state index is 0.0378. The molecule has 2 amide bonds. The number of ether oxygens (including phenoxy) is 1. The molecule has 1 fully saturated rings. The topological polar surface area (TPSA) is 96.0 Å². The maximum absolute atomic E-state index is 14.2. The zero-order chi connectivity index (χ0) is 31.8. The van der Waals surface area contributed by atoms with E-state index in [0.717, 1.165) is 35.6 Å². The third kappa shape index (κ3) is 8.23. The number of amides is 2. The van der Waals surface area contributed by atoms with Crippen LogP contribution in [0.2, 0.25) is 5.02 Å². The van der Waals surface area contributed by atoms with E-state index in [1.807, 2.05) is 36.4 Å². The van der Waals surface area contributed by atoms with Crippen molar-refractivity contribution in [1.82, 2.24) is 10.2 Å². The Morgan fingerprint density at radius 2 is 1.49 bits per heavy atom. The van der Waals surface area contributed by atoms with E-state index in [4.69, 9.17) is 16.3 Å². The molecular formula is C35H36ClN3O5S. The second kappa shape index (κ2) is 14.6. The lowest BCUT2D eigenvalue weighted by Crippen LogP contribution is -2.52. The van der Waals surface area contributed by atoms with E-state index >= 15 is 0 Å². The Morgan fingerprint density at radius 3 is 2.13 bits per heavy atom. The molecule has 0 bridgehead atoms. The van der Waals surface area contributed by atoms with Gasteiger partial charge in [0.25, 0.3) is 10.0 Å². The second-order valence-corrected chi connectivity index (χ2v) is 13.3. The molecule has 45 heavy (non-hydrogen) atoms. The van der Waals surface area contributed by atoms with Gasteiger partial charge < -0.3 is 15.0 Å². The SMILES string of the molecule is C[C@H](C(=O)NC1CCCC1)N(Cc1cccc(Cl)c1)C(=O)CN(c1ccc(Oc2ccccc2)cc1)S(=O)(=O)c1ccccc1. The zero-order valence-corrected chi connectivity index (χ0v) is 26.6. The first-order valence-electron chi connectivity index (χ1n) is 15.0. The molecular weight excluding hydrogens is 610 g/mol. The van der Waals surface area contributed by atoms with E-state index in [2.05, 4.69) is 5.32 Å². The van der Waals surface area contributed by atoms with Crippen molar-refractivity contribution >= 4 is 39.1 Å². The minimum atomic E-state index is -4.18. The Bertz CT molecular complexity index is 1700. The fourth-order valence-electron chi connectivity index (χ4n) is 5.36. The van der Waals surface area contributed by atoms with Gasteiger partial charge in [0.2, 0.25) is 11.8 Å². The van der Waals surface area contributed by atoms with Crippen LogP contribution in [0.25, 0.3) is 0 Å². The fourth-order valence-corrected chi connectivity index (χ4v) is 7.01. The summed E-state index contributed by atoms with van der Waals surface area (Å²) in [4.78, 5) is 29.0. The van der Waals surface area contributed by atoms with Crippen molar-refractivity contribution in [2.45, 2.75) is 56.1 Å². The first-order valence-corrected chi connectivity index (χ1v) is 16.8. The van der Waals surface area contributed by atoms with Gasteiger partial charge >= 0.3 is 0 Å². The van der Waals surface area contributed by atoms with Crippen LogP contribution in [0.4, 0.5) is 5.69 Å². The highest BCUT2D eigenvalue weighted by Crippen LogP contribution is 2.29. The van der Waals surface area contributed by atoms with Crippen LogP contribution in [0.3, 0.4) is 0 Å². The molecule has 1 N–H and O–H groups in total. The second-order valence-electron chi connectivity index (χ2n) is 11.1. The summed E-state index contributed by atoms with van der Waals surface area (Å²) in [5.74, 6) is 0.328. The number of anilines is 1.